The van der Waals surface area contributed by atoms with Crippen molar-refractivity contribution in [3.05, 3.63) is 17.0 Å². The minimum absolute atomic E-state index is 0.0224. The Labute approximate surface area is 160 Å². The van der Waals surface area contributed by atoms with E-state index in [2.05, 4.69) is 21.5 Å². The van der Waals surface area contributed by atoms with Gasteiger partial charge in [0.05, 0.1) is 13.2 Å². The highest BCUT2D eigenvalue weighted by molar-refractivity contribution is 7.89. The van der Waals surface area contributed by atoms with E-state index in [9.17, 15) is 18.0 Å². The second-order valence-corrected chi connectivity index (χ2v) is 8.14. The molecule has 1 fully saturated rings. The quantitative estimate of drug-likeness (QED) is 0.635. The molecule has 152 valence electrons. The predicted octanol–water partition coefficient (Wildman–Crippen LogP) is 0.251. The molecule has 10 heteroatoms. The summed E-state index contributed by atoms with van der Waals surface area (Å²) in [6.45, 7) is 10.3. The number of sulfonamides is 1. The van der Waals surface area contributed by atoms with Crippen LogP contribution in [0, 0.1) is 13.8 Å². The topological polar surface area (TPSA) is 112 Å². The Morgan fingerprint density at radius 1 is 1.11 bits per heavy atom. The molecule has 0 unspecified atom stereocenters. The Morgan fingerprint density at radius 2 is 1.74 bits per heavy atom. The summed E-state index contributed by atoms with van der Waals surface area (Å²) in [6.07, 6.45) is 0. The monoisotopic (exact) mass is 400 g/mol. The number of aryl methyl sites for hydroxylation is 2. The maximum atomic E-state index is 12.8. The second-order valence-electron chi connectivity index (χ2n) is 6.44. The van der Waals surface area contributed by atoms with Gasteiger partial charge in [0.25, 0.3) is 0 Å². The summed E-state index contributed by atoms with van der Waals surface area (Å²) in [5.74, 6) is -0.987. The van der Waals surface area contributed by atoms with Gasteiger partial charge in [0.1, 0.15) is 10.5 Å². The number of hydrogen-bond donors (Lipinski definition) is 2. The molecule has 2 rings (SSSR count). The van der Waals surface area contributed by atoms with Crippen molar-refractivity contribution in [2.24, 2.45) is 0 Å². The molecule has 0 spiro atoms. The first-order valence-corrected chi connectivity index (χ1v) is 10.6. The molecule has 1 aliphatic rings. The highest BCUT2D eigenvalue weighted by Crippen LogP contribution is 2.24. The number of H-pyrrole nitrogens is 1. The molecule has 2 N–H and O–H groups in total. The standard InChI is InChI=1S/C17H28N4O5S/c1-5-20-7-9-21(10-8-20)14(22)11-18-27(24,25)16-13(4)19-12(3)15(16)17(23)26-6-2/h18-19H,5-11H2,1-4H3. The van der Waals surface area contributed by atoms with E-state index in [-0.39, 0.29) is 29.5 Å². The Kier molecular flexibility index (Phi) is 7.01. The molecule has 9 nitrogen and oxygen atoms in total. The first kappa shape index (κ1) is 21.4. The Bertz CT molecular complexity index is 794. The van der Waals surface area contributed by atoms with Crippen LogP contribution >= 0.6 is 0 Å². The van der Waals surface area contributed by atoms with E-state index in [1.165, 1.54) is 0 Å². The van der Waals surface area contributed by atoms with Crippen molar-refractivity contribution in [2.45, 2.75) is 32.6 Å². The van der Waals surface area contributed by atoms with Gasteiger partial charge in [0.15, 0.2) is 0 Å². The van der Waals surface area contributed by atoms with E-state index in [4.69, 9.17) is 4.74 Å². The normalized spacial score (nSPS) is 15.8. The Hall–Kier alpha value is -1.91. The molecule has 0 radical (unpaired) electrons. The number of aromatic amines is 1. The zero-order valence-electron chi connectivity index (χ0n) is 16.3. The third kappa shape index (κ3) is 4.88. The highest BCUT2D eigenvalue weighted by atomic mass is 32.2. The predicted molar refractivity (Wildman–Crippen MR) is 100 cm³/mol. The first-order valence-electron chi connectivity index (χ1n) is 9.07. The molecule has 0 aromatic carbocycles. The molecule has 1 aromatic heterocycles. The van der Waals surface area contributed by atoms with E-state index < -0.39 is 16.0 Å². The average Bonchev–Trinajstić information content (AvgIpc) is 2.95. The van der Waals surface area contributed by atoms with Crippen molar-refractivity contribution >= 4 is 21.9 Å². The molecule has 0 saturated carbocycles. The SMILES string of the molecule is CCOC(=O)c1c(C)[nH]c(C)c1S(=O)(=O)NCC(=O)N1CCN(CC)CC1. The summed E-state index contributed by atoms with van der Waals surface area (Å²) in [4.78, 5) is 31.1. The number of aromatic nitrogens is 1. The fraction of sp³-hybridized carbons (Fsp3) is 0.647. The van der Waals surface area contributed by atoms with Gasteiger partial charge in [-0.1, -0.05) is 6.92 Å². The van der Waals surface area contributed by atoms with Crippen LogP contribution in [0.4, 0.5) is 0 Å². The number of ether oxygens (including phenoxy) is 1. The lowest BCUT2D eigenvalue weighted by Gasteiger charge is -2.34. The van der Waals surface area contributed by atoms with Crippen molar-refractivity contribution in [3.8, 4) is 0 Å². The Morgan fingerprint density at radius 3 is 2.30 bits per heavy atom. The van der Waals surface area contributed by atoms with Crippen LogP contribution in [0.25, 0.3) is 0 Å². The number of hydrogen-bond acceptors (Lipinski definition) is 6. The van der Waals surface area contributed by atoms with Gasteiger partial charge >= 0.3 is 5.97 Å². The van der Waals surface area contributed by atoms with Crippen LogP contribution in [0.15, 0.2) is 4.90 Å². The van der Waals surface area contributed by atoms with Crippen molar-refractivity contribution in [2.75, 3.05) is 45.9 Å². The van der Waals surface area contributed by atoms with Crippen LogP contribution in [0.1, 0.15) is 35.6 Å². The number of rotatable bonds is 7. The third-order valence-corrected chi connectivity index (χ3v) is 6.22. The summed E-state index contributed by atoms with van der Waals surface area (Å²) in [7, 11) is -4.05. The van der Waals surface area contributed by atoms with Crippen molar-refractivity contribution in [1.29, 1.82) is 0 Å². The largest absolute Gasteiger partial charge is 0.462 e. The van der Waals surface area contributed by atoms with Crippen LogP contribution in [-0.2, 0) is 19.6 Å². The van der Waals surface area contributed by atoms with Gasteiger partial charge in [-0.2, -0.15) is 0 Å². The highest BCUT2D eigenvalue weighted by Gasteiger charge is 2.31. The summed E-state index contributed by atoms with van der Waals surface area (Å²) >= 11 is 0. The molecule has 1 amide bonds. The number of carbonyl (C=O) groups is 2. The molecule has 27 heavy (non-hydrogen) atoms. The number of amides is 1. The molecular weight excluding hydrogens is 372 g/mol. The summed E-state index contributed by atoms with van der Waals surface area (Å²) in [6, 6.07) is 0. The maximum Gasteiger partial charge on any atom is 0.341 e. The smallest absolute Gasteiger partial charge is 0.341 e. The van der Waals surface area contributed by atoms with E-state index in [0.29, 0.717) is 24.5 Å². The average molecular weight is 401 g/mol. The zero-order valence-corrected chi connectivity index (χ0v) is 17.1. The van der Waals surface area contributed by atoms with Gasteiger partial charge in [0.2, 0.25) is 15.9 Å². The minimum atomic E-state index is -4.05. The number of likely N-dealkylation sites (N-methyl/N-ethyl adjacent to an activating group) is 1. The number of carbonyl (C=O) groups excluding carboxylic acids is 2. The van der Waals surface area contributed by atoms with Gasteiger partial charge in [0, 0.05) is 37.6 Å². The van der Waals surface area contributed by atoms with E-state index in [0.717, 1.165) is 19.6 Å². The lowest BCUT2D eigenvalue weighted by Crippen LogP contribution is -2.51. The lowest BCUT2D eigenvalue weighted by atomic mass is 10.2. The zero-order chi connectivity index (χ0) is 20.2. The summed E-state index contributed by atoms with van der Waals surface area (Å²) in [5.41, 5.74) is 0.714. The van der Waals surface area contributed by atoms with Gasteiger partial charge in [-0.05, 0) is 27.3 Å². The van der Waals surface area contributed by atoms with Crippen LogP contribution in [-0.4, -0.2) is 81.0 Å². The van der Waals surface area contributed by atoms with Crippen LogP contribution in [0.5, 0.6) is 0 Å². The van der Waals surface area contributed by atoms with Crippen molar-refractivity contribution in [1.82, 2.24) is 19.5 Å². The molecule has 2 heterocycles. The lowest BCUT2D eigenvalue weighted by molar-refractivity contribution is -0.131. The van der Waals surface area contributed by atoms with Gasteiger partial charge in [-0.15, -0.1) is 0 Å². The minimum Gasteiger partial charge on any atom is -0.462 e. The number of nitrogens with zero attached hydrogens (tertiary/aromatic N) is 2. The molecule has 1 aliphatic heterocycles. The van der Waals surface area contributed by atoms with E-state index in [1.54, 1.807) is 25.7 Å². The number of piperazine rings is 1. The Balaban J connectivity index is 2.11. The molecule has 0 bridgehead atoms. The first-order chi connectivity index (χ1) is 12.7. The number of nitrogens with one attached hydrogen (secondary N) is 2. The van der Waals surface area contributed by atoms with Crippen molar-refractivity contribution in [3.63, 3.8) is 0 Å². The van der Waals surface area contributed by atoms with E-state index in [1.807, 2.05) is 0 Å². The summed E-state index contributed by atoms with van der Waals surface area (Å²) in [5, 5.41) is 0. The van der Waals surface area contributed by atoms with Crippen LogP contribution in [0.3, 0.4) is 0 Å². The third-order valence-electron chi connectivity index (χ3n) is 4.65. The second kappa shape index (κ2) is 8.85. The van der Waals surface area contributed by atoms with Crippen LogP contribution in [0.2, 0.25) is 0 Å². The van der Waals surface area contributed by atoms with E-state index >= 15 is 0 Å². The fourth-order valence-electron chi connectivity index (χ4n) is 3.20. The van der Waals surface area contributed by atoms with Crippen molar-refractivity contribution < 1.29 is 22.7 Å². The summed E-state index contributed by atoms with van der Waals surface area (Å²) < 4.78 is 32.8. The van der Waals surface area contributed by atoms with Gasteiger partial charge in [-0.3, -0.25) is 4.79 Å². The molecular formula is C17H28N4O5S. The fourth-order valence-corrected chi connectivity index (χ4v) is 4.61. The molecule has 1 aromatic rings. The van der Waals surface area contributed by atoms with Crippen LogP contribution < -0.4 is 4.72 Å². The van der Waals surface area contributed by atoms with Gasteiger partial charge < -0.3 is 19.5 Å². The van der Waals surface area contributed by atoms with Gasteiger partial charge in [-0.25, -0.2) is 17.9 Å². The molecule has 0 atom stereocenters. The molecule has 0 aliphatic carbocycles. The molecule has 1 saturated heterocycles. The maximum absolute atomic E-state index is 12.8. The number of esters is 1.